The van der Waals surface area contributed by atoms with Crippen LogP contribution in [0.5, 0.6) is 0 Å². The molecule has 0 bridgehead atoms. The lowest BCUT2D eigenvalue weighted by atomic mass is 10.1. The van der Waals surface area contributed by atoms with E-state index in [0.717, 1.165) is 5.56 Å². The molecule has 4 heteroatoms. The number of esters is 1. The maximum absolute atomic E-state index is 11.3. The van der Waals surface area contributed by atoms with Crippen molar-refractivity contribution >= 4 is 5.97 Å². The summed E-state index contributed by atoms with van der Waals surface area (Å²) in [5.41, 5.74) is 2.66. The van der Waals surface area contributed by atoms with Gasteiger partial charge in [-0.1, -0.05) is 17.7 Å². The minimum absolute atomic E-state index is 0.142. The summed E-state index contributed by atoms with van der Waals surface area (Å²) in [4.78, 5) is 15.6. The molecule has 18 heavy (non-hydrogen) atoms. The molecule has 0 aliphatic carbocycles. The Morgan fingerprint density at radius 1 is 1.33 bits per heavy atom. The summed E-state index contributed by atoms with van der Waals surface area (Å²) in [6.45, 7) is 4.17. The van der Waals surface area contributed by atoms with Gasteiger partial charge in [-0.3, -0.25) is 4.79 Å². The van der Waals surface area contributed by atoms with Crippen molar-refractivity contribution in [1.82, 2.24) is 4.98 Å². The number of oxazole rings is 1. The predicted octanol–water partition coefficient (Wildman–Crippen LogP) is 2.76. The largest absolute Gasteiger partial charge is 0.466 e. The van der Waals surface area contributed by atoms with Crippen molar-refractivity contribution in [3.05, 3.63) is 41.8 Å². The lowest BCUT2D eigenvalue weighted by Gasteiger charge is -1.97. The average molecular weight is 245 g/mol. The zero-order valence-electron chi connectivity index (χ0n) is 10.5. The van der Waals surface area contributed by atoms with Crippen molar-refractivity contribution in [1.29, 1.82) is 0 Å². The molecule has 94 valence electrons. The van der Waals surface area contributed by atoms with Crippen LogP contribution in [0.15, 0.2) is 34.9 Å². The molecule has 1 aromatic heterocycles. The summed E-state index contributed by atoms with van der Waals surface area (Å²) in [6.07, 6.45) is 1.63. The number of rotatable bonds is 4. The van der Waals surface area contributed by atoms with Gasteiger partial charge in [0, 0.05) is 5.56 Å². The summed E-state index contributed by atoms with van der Waals surface area (Å²) in [7, 11) is 0. The molecule has 1 aromatic carbocycles. The third kappa shape index (κ3) is 2.97. The van der Waals surface area contributed by atoms with E-state index in [9.17, 15) is 4.79 Å². The van der Waals surface area contributed by atoms with Gasteiger partial charge in [-0.15, -0.1) is 0 Å². The summed E-state index contributed by atoms with van der Waals surface area (Å²) in [5.74, 6) is 0.232. The number of aryl methyl sites for hydroxylation is 1. The Kier molecular flexibility index (Phi) is 3.77. The van der Waals surface area contributed by atoms with E-state index in [1.807, 2.05) is 31.2 Å². The second-order valence-corrected chi connectivity index (χ2v) is 3.99. The molecule has 0 amide bonds. The van der Waals surface area contributed by atoms with Crippen LogP contribution >= 0.6 is 0 Å². The van der Waals surface area contributed by atoms with Gasteiger partial charge >= 0.3 is 5.97 Å². The van der Waals surface area contributed by atoms with Crippen LogP contribution in [0, 0.1) is 6.92 Å². The lowest BCUT2D eigenvalue weighted by Crippen LogP contribution is -2.07. The van der Waals surface area contributed by atoms with Crippen LogP contribution in [0.25, 0.3) is 11.5 Å². The number of hydrogen-bond donors (Lipinski definition) is 0. The van der Waals surface area contributed by atoms with Crippen LogP contribution in [-0.4, -0.2) is 17.6 Å². The van der Waals surface area contributed by atoms with Gasteiger partial charge in [0.25, 0.3) is 0 Å². The molecule has 0 saturated carbocycles. The molecule has 4 nitrogen and oxygen atoms in total. The van der Waals surface area contributed by atoms with Crippen LogP contribution in [0.4, 0.5) is 0 Å². The first kappa shape index (κ1) is 12.4. The van der Waals surface area contributed by atoms with E-state index < -0.39 is 0 Å². The number of ether oxygens (including phenoxy) is 1. The zero-order chi connectivity index (χ0) is 13.0. The third-order valence-corrected chi connectivity index (χ3v) is 2.48. The quantitative estimate of drug-likeness (QED) is 0.777. The van der Waals surface area contributed by atoms with Crippen molar-refractivity contribution in [2.24, 2.45) is 0 Å². The standard InChI is InChI=1S/C14H15NO3/c1-3-17-13(16)8-12-9-18-14(15-12)11-6-4-10(2)5-7-11/h4-7,9H,3,8H2,1-2H3. The van der Waals surface area contributed by atoms with Crippen LogP contribution in [0.2, 0.25) is 0 Å². The van der Waals surface area contributed by atoms with E-state index in [4.69, 9.17) is 9.15 Å². The summed E-state index contributed by atoms with van der Waals surface area (Å²) < 4.78 is 10.2. The molecule has 1 heterocycles. The molecule has 0 saturated heterocycles. The van der Waals surface area contributed by atoms with Gasteiger partial charge in [0.2, 0.25) is 5.89 Å². The van der Waals surface area contributed by atoms with E-state index in [1.54, 1.807) is 6.92 Å². The number of carbonyl (C=O) groups is 1. The van der Waals surface area contributed by atoms with Crippen LogP contribution < -0.4 is 0 Å². The van der Waals surface area contributed by atoms with Crippen molar-refractivity contribution < 1.29 is 13.9 Å². The van der Waals surface area contributed by atoms with Crippen molar-refractivity contribution in [3.8, 4) is 11.5 Å². The van der Waals surface area contributed by atoms with Crippen molar-refractivity contribution in [2.75, 3.05) is 6.61 Å². The van der Waals surface area contributed by atoms with Crippen LogP contribution in [-0.2, 0) is 16.0 Å². The highest BCUT2D eigenvalue weighted by Crippen LogP contribution is 2.19. The molecule has 0 atom stereocenters. The fraction of sp³-hybridized carbons (Fsp3) is 0.286. The molecule has 0 radical (unpaired) electrons. The number of aromatic nitrogens is 1. The number of carbonyl (C=O) groups excluding carboxylic acids is 1. The maximum Gasteiger partial charge on any atom is 0.311 e. The maximum atomic E-state index is 11.3. The molecule has 0 aliphatic heterocycles. The topological polar surface area (TPSA) is 52.3 Å². The van der Waals surface area contributed by atoms with Gasteiger partial charge in [-0.25, -0.2) is 4.98 Å². The van der Waals surface area contributed by atoms with Gasteiger partial charge in [0.15, 0.2) is 0 Å². The Labute approximate surface area is 106 Å². The normalized spacial score (nSPS) is 10.3. The lowest BCUT2D eigenvalue weighted by molar-refractivity contribution is -0.142. The highest BCUT2D eigenvalue weighted by molar-refractivity contribution is 5.72. The SMILES string of the molecule is CCOC(=O)Cc1coc(-c2ccc(C)cc2)n1. The first-order valence-electron chi connectivity index (χ1n) is 5.86. The monoisotopic (exact) mass is 245 g/mol. The molecule has 2 aromatic rings. The number of nitrogens with zero attached hydrogens (tertiary/aromatic N) is 1. The Hall–Kier alpha value is -2.10. The first-order chi connectivity index (χ1) is 8.69. The van der Waals surface area contributed by atoms with Gasteiger partial charge in [0.05, 0.1) is 18.7 Å². The Balaban J connectivity index is 2.10. The van der Waals surface area contributed by atoms with E-state index in [-0.39, 0.29) is 12.4 Å². The van der Waals surface area contributed by atoms with Crippen LogP contribution in [0.1, 0.15) is 18.2 Å². The van der Waals surface area contributed by atoms with Gasteiger partial charge in [-0.05, 0) is 26.0 Å². The van der Waals surface area contributed by atoms with E-state index in [1.165, 1.54) is 11.8 Å². The van der Waals surface area contributed by atoms with Gasteiger partial charge < -0.3 is 9.15 Å². The minimum Gasteiger partial charge on any atom is -0.466 e. The predicted molar refractivity (Wildman–Crippen MR) is 67.0 cm³/mol. The number of hydrogen-bond acceptors (Lipinski definition) is 4. The Morgan fingerprint density at radius 2 is 2.06 bits per heavy atom. The Bertz CT molecular complexity index is 528. The van der Waals surface area contributed by atoms with E-state index in [2.05, 4.69) is 4.98 Å². The van der Waals surface area contributed by atoms with E-state index in [0.29, 0.717) is 18.2 Å². The fourth-order valence-electron chi connectivity index (χ4n) is 1.58. The van der Waals surface area contributed by atoms with E-state index >= 15 is 0 Å². The summed E-state index contributed by atoms with van der Waals surface area (Å²) >= 11 is 0. The highest BCUT2D eigenvalue weighted by atomic mass is 16.5. The molecular formula is C14H15NO3. The fourth-order valence-corrected chi connectivity index (χ4v) is 1.58. The second-order valence-electron chi connectivity index (χ2n) is 3.99. The molecule has 0 fully saturated rings. The second kappa shape index (κ2) is 5.49. The first-order valence-corrected chi connectivity index (χ1v) is 5.86. The van der Waals surface area contributed by atoms with Crippen LogP contribution in [0.3, 0.4) is 0 Å². The molecule has 0 aliphatic rings. The number of benzene rings is 1. The molecule has 0 spiro atoms. The molecule has 0 unspecified atom stereocenters. The summed E-state index contributed by atoms with van der Waals surface area (Å²) in [6, 6.07) is 7.86. The van der Waals surface area contributed by atoms with Crippen molar-refractivity contribution in [3.63, 3.8) is 0 Å². The molecule has 2 rings (SSSR count). The average Bonchev–Trinajstić information content (AvgIpc) is 2.78. The zero-order valence-corrected chi connectivity index (χ0v) is 10.5. The Morgan fingerprint density at radius 3 is 2.72 bits per heavy atom. The van der Waals surface area contributed by atoms with Crippen molar-refractivity contribution in [2.45, 2.75) is 20.3 Å². The summed E-state index contributed by atoms with van der Waals surface area (Å²) in [5, 5.41) is 0. The molecule has 0 N–H and O–H groups in total. The third-order valence-electron chi connectivity index (χ3n) is 2.48. The highest BCUT2D eigenvalue weighted by Gasteiger charge is 2.10. The smallest absolute Gasteiger partial charge is 0.311 e. The van der Waals surface area contributed by atoms with Gasteiger partial charge in [-0.2, -0.15) is 0 Å². The minimum atomic E-state index is -0.291. The van der Waals surface area contributed by atoms with Gasteiger partial charge in [0.1, 0.15) is 6.26 Å². The molecular weight excluding hydrogens is 230 g/mol.